The van der Waals surface area contributed by atoms with Gasteiger partial charge in [-0.1, -0.05) is 36.4 Å². The molecule has 4 heteroatoms. The molecule has 0 spiro atoms. The van der Waals surface area contributed by atoms with E-state index in [9.17, 15) is 15.0 Å². The predicted molar refractivity (Wildman–Crippen MR) is 68.1 cm³/mol. The Kier molecular flexibility index (Phi) is 5.07. The van der Waals surface area contributed by atoms with Gasteiger partial charge in [-0.05, 0) is 18.9 Å². The number of aliphatic hydroxyl groups excluding tert-OH is 1. The zero-order valence-electron chi connectivity index (χ0n) is 10.4. The Labute approximate surface area is 107 Å². The summed E-state index contributed by atoms with van der Waals surface area (Å²) in [6.45, 7) is 4.99. The number of aliphatic carboxylic acids is 1. The molecule has 0 bridgehead atoms. The molecule has 0 saturated carbocycles. The van der Waals surface area contributed by atoms with E-state index in [1.54, 1.807) is 0 Å². The highest BCUT2D eigenvalue weighted by atomic mass is 16.5. The fourth-order valence-corrected chi connectivity index (χ4v) is 1.49. The highest BCUT2D eigenvalue weighted by Gasteiger charge is 2.41. The second-order valence-electron chi connectivity index (χ2n) is 4.23. The van der Waals surface area contributed by atoms with Gasteiger partial charge in [-0.15, -0.1) is 6.58 Å². The predicted octanol–water partition coefficient (Wildman–Crippen LogP) is 1.98. The van der Waals surface area contributed by atoms with Crippen LogP contribution in [-0.2, 0) is 16.1 Å². The molecular formula is C14H18O4. The third-order valence-corrected chi connectivity index (χ3v) is 2.83. The number of carboxylic acids is 1. The van der Waals surface area contributed by atoms with Crippen LogP contribution in [0.2, 0.25) is 0 Å². The first-order valence-electron chi connectivity index (χ1n) is 5.71. The molecule has 0 saturated heterocycles. The average Bonchev–Trinajstić information content (AvgIpc) is 2.37. The summed E-state index contributed by atoms with van der Waals surface area (Å²) in [6.07, 6.45) is 0.506. The highest BCUT2D eigenvalue weighted by molar-refractivity contribution is 5.77. The molecule has 1 aromatic rings. The third-order valence-electron chi connectivity index (χ3n) is 2.83. The van der Waals surface area contributed by atoms with Gasteiger partial charge in [0.25, 0.3) is 0 Å². The number of benzene rings is 1. The maximum atomic E-state index is 11.2. The number of carbonyl (C=O) groups is 1. The largest absolute Gasteiger partial charge is 0.479 e. The fraction of sp³-hybridized carbons (Fsp3) is 0.357. The van der Waals surface area contributed by atoms with Crippen LogP contribution in [0.4, 0.5) is 0 Å². The van der Waals surface area contributed by atoms with Gasteiger partial charge in [0.15, 0.2) is 5.60 Å². The zero-order chi connectivity index (χ0) is 13.6. The van der Waals surface area contributed by atoms with E-state index in [2.05, 4.69) is 6.58 Å². The fourth-order valence-electron chi connectivity index (χ4n) is 1.49. The maximum absolute atomic E-state index is 11.2. The Balaban J connectivity index is 2.74. The van der Waals surface area contributed by atoms with Crippen molar-refractivity contribution in [3.8, 4) is 0 Å². The average molecular weight is 250 g/mol. The van der Waals surface area contributed by atoms with Gasteiger partial charge < -0.3 is 14.9 Å². The standard InChI is InChI=1S/C14H18O4/c1-3-7-12(15)14(2,13(16)17)18-10-11-8-5-4-6-9-11/h3-6,8-9,12,15H,1,7,10H2,2H3,(H,16,17)/t12?,14-/m1/s1. The third kappa shape index (κ3) is 3.42. The van der Waals surface area contributed by atoms with Crippen molar-refractivity contribution in [2.75, 3.05) is 0 Å². The van der Waals surface area contributed by atoms with Gasteiger partial charge in [-0.2, -0.15) is 0 Å². The van der Waals surface area contributed by atoms with Crippen molar-refractivity contribution in [3.05, 3.63) is 48.6 Å². The normalized spacial score (nSPS) is 15.7. The molecular weight excluding hydrogens is 232 g/mol. The molecule has 0 fully saturated rings. The van der Waals surface area contributed by atoms with Gasteiger partial charge in [0, 0.05) is 0 Å². The van der Waals surface area contributed by atoms with Crippen LogP contribution in [0.1, 0.15) is 18.9 Å². The summed E-state index contributed by atoms with van der Waals surface area (Å²) < 4.78 is 5.39. The summed E-state index contributed by atoms with van der Waals surface area (Å²) in [5.41, 5.74) is -0.778. The van der Waals surface area contributed by atoms with Crippen LogP contribution in [0.3, 0.4) is 0 Å². The van der Waals surface area contributed by atoms with E-state index in [0.717, 1.165) is 5.56 Å². The van der Waals surface area contributed by atoms with Crippen LogP contribution in [0.5, 0.6) is 0 Å². The first kappa shape index (κ1) is 14.4. The molecule has 1 aromatic carbocycles. The molecule has 0 amide bonds. The Hall–Kier alpha value is -1.65. The SMILES string of the molecule is C=CCC(O)[C@@](C)(OCc1ccccc1)C(=O)O. The second-order valence-corrected chi connectivity index (χ2v) is 4.23. The molecule has 18 heavy (non-hydrogen) atoms. The summed E-state index contributed by atoms with van der Waals surface area (Å²) in [4.78, 5) is 11.2. The minimum Gasteiger partial charge on any atom is -0.479 e. The van der Waals surface area contributed by atoms with Crippen molar-refractivity contribution >= 4 is 5.97 Å². The van der Waals surface area contributed by atoms with E-state index in [1.165, 1.54) is 13.0 Å². The number of ether oxygens (including phenoxy) is 1. The molecule has 0 aliphatic heterocycles. The van der Waals surface area contributed by atoms with Crippen LogP contribution < -0.4 is 0 Å². The minimum absolute atomic E-state index is 0.137. The minimum atomic E-state index is -1.63. The molecule has 0 radical (unpaired) electrons. The Morgan fingerprint density at radius 2 is 2.11 bits per heavy atom. The molecule has 98 valence electrons. The van der Waals surface area contributed by atoms with E-state index >= 15 is 0 Å². The smallest absolute Gasteiger partial charge is 0.338 e. The van der Waals surface area contributed by atoms with Crippen molar-refractivity contribution in [2.24, 2.45) is 0 Å². The van der Waals surface area contributed by atoms with Crippen LogP contribution in [0.25, 0.3) is 0 Å². The number of aliphatic hydroxyl groups is 1. The monoisotopic (exact) mass is 250 g/mol. The first-order valence-corrected chi connectivity index (χ1v) is 5.71. The van der Waals surface area contributed by atoms with Crippen molar-refractivity contribution in [2.45, 2.75) is 31.7 Å². The van der Waals surface area contributed by atoms with Crippen molar-refractivity contribution in [1.29, 1.82) is 0 Å². The highest BCUT2D eigenvalue weighted by Crippen LogP contribution is 2.21. The Bertz CT molecular complexity index is 402. The topological polar surface area (TPSA) is 66.8 Å². The van der Waals surface area contributed by atoms with Crippen molar-refractivity contribution in [3.63, 3.8) is 0 Å². The summed E-state index contributed by atoms with van der Waals surface area (Å²) in [5, 5.41) is 19.0. The molecule has 2 atom stereocenters. The van der Waals surface area contributed by atoms with Crippen molar-refractivity contribution < 1.29 is 19.7 Å². The molecule has 1 rings (SSSR count). The van der Waals surface area contributed by atoms with Gasteiger partial charge in [0.1, 0.15) is 0 Å². The Morgan fingerprint density at radius 3 is 2.61 bits per heavy atom. The number of hydrogen-bond donors (Lipinski definition) is 2. The molecule has 1 unspecified atom stereocenters. The van der Waals surface area contributed by atoms with Crippen LogP contribution in [0, 0.1) is 0 Å². The zero-order valence-corrected chi connectivity index (χ0v) is 10.4. The molecule has 0 aliphatic carbocycles. The number of hydrogen-bond acceptors (Lipinski definition) is 3. The second kappa shape index (κ2) is 6.33. The van der Waals surface area contributed by atoms with Crippen LogP contribution in [0.15, 0.2) is 43.0 Å². The van der Waals surface area contributed by atoms with Gasteiger partial charge in [-0.25, -0.2) is 4.79 Å². The number of rotatable bonds is 7. The lowest BCUT2D eigenvalue weighted by atomic mass is 9.96. The molecule has 4 nitrogen and oxygen atoms in total. The van der Waals surface area contributed by atoms with Crippen molar-refractivity contribution in [1.82, 2.24) is 0 Å². The molecule has 0 heterocycles. The van der Waals surface area contributed by atoms with Gasteiger partial charge in [0.2, 0.25) is 0 Å². The van der Waals surface area contributed by atoms with Gasteiger partial charge in [-0.3, -0.25) is 0 Å². The number of carboxylic acid groups (broad SMARTS) is 1. The van der Waals surface area contributed by atoms with E-state index in [1.807, 2.05) is 30.3 Å². The lowest BCUT2D eigenvalue weighted by molar-refractivity contribution is -0.181. The van der Waals surface area contributed by atoms with E-state index < -0.39 is 17.7 Å². The van der Waals surface area contributed by atoms with Gasteiger partial charge in [0.05, 0.1) is 12.7 Å². The molecule has 0 aliphatic rings. The van der Waals surface area contributed by atoms with E-state index in [-0.39, 0.29) is 13.0 Å². The lowest BCUT2D eigenvalue weighted by Crippen LogP contribution is -2.49. The summed E-state index contributed by atoms with van der Waals surface area (Å²) in [5.74, 6) is -1.19. The van der Waals surface area contributed by atoms with E-state index in [4.69, 9.17) is 4.74 Å². The van der Waals surface area contributed by atoms with Gasteiger partial charge >= 0.3 is 5.97 Å². The maximum Gasteiger partial charge on any atom is 0.338 e. The summed E-state index contributed by atoms with van der Waals surface area (Å²) in [6, 6.07) is 9.23. The van der Waals surface area contributed by atoms with Crippen LogP contribution >= 0.6 is 0 Å². The first-order chi connectivity index (χ1) is 8.50. The Morgan fingerprint density at radius 1 is 1.50 bits per heavy atom. The quantitative estimate of drug-likeness (QED) is 0.726. The summed E-state index contributed by atoms with van der Waals surface area (Å²) >= 11 is 0. The lowest BCUT2D eigenvalue weighted by Gasteiger charge is -2.29. The summed E-state index contributed by atoms with van der Waals surface area (Å²) in [7, 11) is 0. The van der Waals surface area contributed by atoms with Crippen LogP contribution in [-0.4, -0.2) is 27.9 Å². The van der Waals surface area contributed by atoms with E-state index in [0.29, 0.717) is 0 Å². The molecule has 0 aromatic heterocycles. The molecule has 2 N–H and O–H groups in total.